The molecule has 1 heteroatoms. The van der Waals surface area contributed by atoms with Gasteiger partial charge in [-0.2, -0.15) is 0 Å². The summed E-state index contributed by atoms with van der Waals surface area (Å²) in [6, 6.07) is 0. The fourth-order valence-electron chi connectivity index (χ4n) is 0.728. The van der Waals surface area contributed by atoms with Gasteiger partial charge in [0.1, 0.15) is 0 Å². The Morgan fingerprint density at radius 3 is 1.92 bits per heavy atom. The standard InChI is InChI=1S/C11H21N/c1-10(2,3)8-6-7-9-11(4,5)12/h6,8,12H2,1-5H3. The number of rotatable bonds is 1. The van der Waals surface area contributed by atoms with Crippen molar-refractivity contribution in [3.05, 3.63) is 0 Å². The minimum absolute atomic E-state index is 0.335. The lowest BCUT2D eigenvalue weighted by molar-refractivity contribution is 0.384. The zero-order chi connectivity index (χ0) is 9.83. The maximum absolute atomic E-state index is 5.71. The molecule has 0 aliphatic rings. The lowest BCUT2D eigenvalue weighted by Gasteiger charge is -2.15. The van der Waals surface area contributed by atoms with Crippen molar-refractivity contribution in [3.63, 3.8) is 0 Å². The molecule has 0 spiro atoms. The fraction of sp³-hybridized carbons (Fsp3) is 0.818. The molecule has 0 unspecified atom stereocenters. The van der Waals surface area contributed by atoms with Gasteiger partial charge in [0.15, 0.2) is 0 Å². The van der Waals surface area contributed by atoms with Crippen LogP contribution in [0.4, 0.5) is 0 Å². The van der Waals surface area contributed by atoms with E-state index >= 15 is 0 Å². The smallest absolute Gasteiger partial charge is 0.0719 e. The first-order chi connectivity index (χ1) is 5.21. The molecule has 12 heavy (non-hydrogen) atoms. The highest BCUT2D eigenvalue weighted by atomic mass is 14.7. The van der Waals surface area contributed by atoms with Crippen LogP contribution < -0.4 is 5.73 Å². The van der Waals surface area contributed by atoms with E-state index in [0.29, 0.717) is 5.41 Å². The average molecular weight is 167 g/mol. The Morgan fingerprint density at radius 1 is 1.08 bits per heavy atom. The molecule has 0 amide bonds. The van der Waals surface area contributed by atoms with Gasteiger partial charge < -0.3 is 5.73 Å². The molecule has 0 aromatic heterocycles. The third kappa shape index (κ3) is 9.52. The summed E-state index contributed by atoms with van der Waals surface area (Å²) in [6.45, 7) is 10.5. The molecule has 0 atom stereocenters. The van der Waals surface area contributed by atoms with Gasteiger partial charge in [-0.25, -0.2) is 0 Å². The SMILES string of the molecule is CC(C)(N)C#CCCC(C)(C)C. The van der Waals surface area contributed by atoms with Gasteiger partial charge in [-0.15, -0.1) is 5.92 Å². The van der Waals surface area contributed by atoms with E-state index < -0.39 is 0 Å². The molecule has 0 bridgehead atoms. The molecule has 0 aromatic rings. The number of hydrogen-bond acceptors (Lipinski definition) is 1. The van der Waals surface area contributed by atoms with Crippen LogP contribution in [0.2, 0.25) is 0 Å². The minimum atomic E-state index is -0.335. The number of hydrogen-bond donors (Lipinski definition) is 1. The average Bonchev–Trinajstić information content (AvgIpc) is 1.76. The van der Waals surface area contributed by atoms with Crippen molar-refractivity contribution in [2.75, 3.05) is 0 Å². The monoisotopic (exact) mass is 167 g/mol. The zero-order valence-electron chi connectivity index (χ0n) is 8.99. The van der Waals surface area contributed by atoms with Crippen LogP contribution in [-0.2, 0) is 0 Å². The normalized spacial score (nSPS) is 12.2. The first kappa shape index (κ1) is 11.5. The maximum atomic E-state index is 5.71. The molecule has 0 aromatic carbocycles. The highest BCUT2D eigenvalue weighted by Gasteiger charge is 2.08. The van der Waals surface area contributed by atoms with Crippen LogP contribution in [0, 0.1) is 17.3 Å². The first-order valence-corrected chi connectivity index (χ1v) is 4.50. The van der Waals surface area contributed by atoms with Gasteiger partial charge in [-0.3, -0.25) is 0 Å². The largest absolute Gasteiger partial charge is 0.316 e. The zero-order valence-corrected chi connectivity index (χ0v) is 8.99. The summed E-state index contributed by atoms with van der Waals surface area (Å²) >= 11 is 0. The lowest BCUT2D eigenvalue weighted by atomic mass is 9.90. The molecule has 1 nitrogen and oxygen atoms in total. The molecule has 0 fully saturated rings. The summed E-state index contributed by atoms with van der Waals surface area (Å²) in [5.74, 6) is 6.13. The van der Waals surface area contributed by atoms with Gasteiger partial charge in [-0.05, 0) is 25.7 Å². The van der Waals surface area contributed by atoms with Gasteiger partial charge in [0, 0.05) is 6.42 Å². The second kappa shape index (κ2) is 3.96. The van der Waals surface area contributed by atoms with Crippen LogP contribution in [0.3, 0.4) is 0 Å². The molecule has 0 rings (SSSR count). The summed E-state index contributed by atoms with van der Waals surface area (Å²) in [6.07, 6.45) is 2.08. The van der Waals surface area contributed by atoms with Crippen LogP contribution in [0.15, 0.2) is 0 Å². The summed E-state index contributed by atoms with van der Waals surface area (Å²) in [4.78, 5) is 0. The molecule has 0 aliphatic carbocycles. The molecular formula is C11H21N. The Morgan fingerprint density at radius 2 is 1.58 bits per heavy atom. The van der Waals surface area contributed by atoms with Crippen LogP contribution in [0.5, 0.6) is 0 Å². The Hall–Kier alpha value is -0.480. The predicted molar refractivity (Wildman–Crippen MR) is 54.7 cm³/mol. The third-order valence-electron chi connectivity index (χ3n) is 1.41. The number of nitrogens with two attached hydrogens (primary N) is 1. The highest BCUT2D eigenvalue weighted by Crippen LogP contribution is 2.19. The van der Waals surface area contributed by atoms with E-state index in [1.807, 2.05) is 13.8 Å². The molecule has 2 N–H and O–H groups in total. The van der Waals surface area contributed by atoms with Crippen LogP contribution in [-0.4, -0.2) is 5.54 Å². The fourth-order valence-corrected chi connectivity index (χ4v) is 0.728. The van der Waals surface area contributed by atoms with Crippen molar-refractivity contribution in [2.24, 2.45) is 11.1 Å². The highest BCUT2D eigenvalue weighted by molar-refractivity contribution is 5.12. The van der Waals surface area contributed by atoms with Crippen molar-refractivity contribution >= 4 is 0 Å². The van der Waals surface area contributed by atoms with Crippen LogP contribution >= 0.6 is 0 Å². The van der Waals surface area contributed by atoms with Crippen molar-refractivity contribution in [2.45, 2.75) is 53.0 Å². The van der Waals surface area contributed by atoms with E-state index in [1.54, 1.807) is 0 Å². The molecular weight excluding hydrogens is 146 g/mol. The van der Waals surface area contributed by atoms with Crippen molar-refractivity contribution in [1.82, 2.24) is 0 Å². The molecule has 0 saturated heterocycles. The van der Waals surface area contributed by atoms with Gasteiger partial charge in [-0.1, -0.05) is 26.7 Å². The topological polar surface area (TPSA) is 26.0 Å². The first-order valence-electron chi connectivity index (χ1n) is 4.50. The van der Waals surface area contributed by atoms with Gasteiger partial charge >= 0.3 is 0 Å². The summed E-state index contributed by atoms with van der Waals surface area (Å²) in [5, 5.41) is 0. The molecule has 0 saturated carbocycles. The van der Waals surface area contributed by atoms with Crippen LogP contribution in [0.1, 0.15) is 47.5 Å². The van der Waals surface area contributed by atoms with E-state index in [4.69, 9.17) is 5.73 Å². The minimum Gasteiger partial charge on any atom is -0.316 e. The maximum Gasteiger partial charge on any atom is 0.0719 e. The van der Waals surface area contributed by atoms with Crippen molar-refractivity contribution in [3.8, 4) is 11.8 Å². The Labute approximate surface area is 76.7 Å². The van der Waals surface area contributed by atoms with Gasteiger partial charge in [0.05, 0.1) is 5.54 Å². The van der Waals surface area contributed by atoms with Crippen molar-refractivity contribution < 1.29 is 0 Å². The quantitative estimate of drug-likeness (QED) is 0.597. The van der Waals surface area contributed by atoms with Gasteiger partial charge in [0.2, 0.25) is 0 Å². The van der Waals surface area contributed by atoms with E-state index in [2.05, 4.69) is 32.6 Å². The summed E-state index contributed by atoms with van der Waals surface area (Å²) in [5.41, 5.74) is 5.76. The molecule has 0 heterocycles. The lowest BCUT2D eigenvalue weighted by Crippen LogP contribution is -2.29. The van der Waals surface area contributed by atoms with Crippen LogP contribution in [0.25, 0.3) is 0 Å². The molecule has 70 valence electrons. The van der Waals surface area contributed by atoms with E-state index in [9.17, 15) is 0 Å². The summed E-state index contributed by atoms with van der Waals surface area (Å²) in [7, 11) is 0. The second-order valence-corrected chi connectivity index (χ2v) is 5.08. The molecule has 0 radical (unpaired) electrons. The molecule has 0 aliphatic heterocycles. The second-order valence-electron chi connectivity index (χ2n) is 5.08. The predicted octanol–water partition coefficient (Wildman–Crippen LogP) is 2.55. The van der Waals surface area contributed by atoms with E-state index in [1.165, 1.54) is 0 Å². The summed E-state index contributed by atoms with van der Waals surface area (Å²) < 4.78 is 0. The van der Waals surface area contributed by atoms with Gasteiger partial charge in [0.25, 0.3) is 0 Å². The Balaban J connectivity index is 3.75. The third-order valence-corrected chi connectivity index (χ3v) is 1.41. The van der Waals surface area contributed by atoms with E-state index in [0.717, 1.165) is 12.8 Å². The Kier molecular flexibility index (Phi) is 3.80. The van der Waals surface area contributed by atoms with Crippen molar-refractivity contribution in [1.29, 1.82) is 0 Å². The van der Waals surface area contributed by atoms with E-state index in [-0.39, 0.29) is 5.54 Å². The Bertz CT molecular complexity index is 180.